The van der Waals surface area contributed by atoms with E-state index in [4.69, 9.17) is 8.83 Å². The number of hydrogen-bond donors (Lipinski definition) is 0. The van der Waals surface area contributed by atoms with Gasteiger partial charge in [-0.1, -0.05) is 188 Å². The first-order valence-electron chi connectivity index (χ1n) is 21.9. The van der Waals surface area contributed by atoms with Crippen molar-refractivity contribution in [1.29, 1.82) is 0 Å². The van der Waals surface area contributed by atoms with Crippen LogP contribution in [0.15, 0.2) is 233 Å². The van der Waals surface area contributed by atoms with Crippen LogP contribution in [-0.4, -0.2) is 6.04 Å². The molecule has 0 aliphatic heterocycles. The van der Waals surface area contributed by atoms with Gasteiger partial charge in [0.05, 0.1) is 6.04 Å². The van der Waals surface area contributed by atoms with Crippen LogP contribution in [0, 0.1) is 0 Å². The third-order valence-corrected chi connectivity index (χ3v) is 13.0. The minimum absolute atomic E-state index is 0.141. The zero-order chi connectivity index (χ0) is 41.7. The Morgan fingerprint density at radius 3 is 1.52 bits per heavy atom. The van der Waals surface area contributed by atoms with E-state index in [1.807, 2.05) is 18.2 Å². The van der Waals surface area contributed by atoms with E-state index < -0.39 is 0 Å². The van der Waals surface area contributed by atoms with Gasteiger partial charge in [-0.05, 0) is 88.2 Å². The van der Waals surface area contributed by atoms with Crippen molar-refractivity contribution in [2.75, 3.05) is 4.90 Å². The van der Waals surface area contributed by atoms with Gasteiger partial charge in [0.2, 0.25) is 0 Å². The maximum atomic E-state index is 6.40. The average Bonchev–Trinajstić information content (AvgIpc) is 3.94. The van der Waals surface area contributed by atoms with E-state index in [9.17, 15) is 0 Å². The molecular formula is C60H43NO2. The van der Waals surface area contributed by atoms with Crippen LogP contribution in [0.1, 0.15) is 35.4 Å². The Hall–Kier alpha value is -7.88. The predicted octanol–water partition coefficient (Wildman–Crippen LogP) is 16.5. The fraction of sp³-hybridized carbons (Fsp3) is 0.0667. The Bertz CT molecular complexity index is 3430. The highest BCUT2D eigenvalue weighted by Crippen LogP contribution is 2.41. The number of anilines is 2. The van der Waals surface area contributed by atoms with E-state index in [1.54, 1.807) is 0 Å². The molecule has 300 valence electrons. The molecule has 0 amide bonds. The molecule has 2 aliphatic carbocycles. The number of allylic oxidation sites excluding steroid dienone is 6. The summed E-state index contributed by atoms with van der Waals surface area (Å²) in [7, 11) is 0. The SMILES string of the molecule is C1=C[C@H](N(c2ccc(C3=CCC(c4cccc5c4oc4ccccc45)C=C3)cc2)c2ccc(-c3ccccc3)cc2)CC=C1c1ccc(-c2cccc3c2oc2ccccc23)cc1. The molecule has 0 spiro atoms. The molecule has 2 aromatic heterocycles. The van der Waals surface area contributed by atoms with Crippen LogP contribution in [-0.2, 0) is 0 Å². The molecule has 3 nitrogen and oxygen atoms in total. The van der Waals surface area contributed by atoms with E-state index in [0.29, 0.717) is 0 Å². The normalized spacial score (nSPS) is 16.2. The Morgan fingerprint density at radius 1 is 0.381 bits per heavy atom. The smallest absolute Gasteiger partial charge is 0.143 e. The van der Waals surface area contributed by atoms with Gasteiger partial charge in [-0.25, -0.2) is 0 Å². The summed E-state index contributed by atoms with van der Waals surface area (Å²) in [6, 6.07) is 67.4. The molecule has 2 aliphatic rings. The molecule has 2 atom stereocenters. The largest absolute Gasteiger partial charge is 0.456 e. The van der Waals surface area contributed by atoms with Gasteiger partial charge in [0, 0.05) is 50.0 Å². The van der Waals surface area contributed by atoms with Crippen molar-refractivity contribution in [3.63, 3.8) is 0 Å². The summed E-state index contributed by atoms with van der Waals surface area (Å²) < 4.78 is 12.8. The number of rotatable bonds is 8. The maximum absolute atomic E-state index is 6.40. The number of para-hydroxylation sites is 4. The lowest BCUT2D eigenvalue weighted by Gasteiger charge is -2.33. The van der Waals surface area contributed by atoms with Crippen molar-refractivity contribution < 1.29 is 8.83 Å². The van der Waals surface area contributed by atoms with E-state index >= 15 is 0 Å². The van der Waals surface area contributed by atoms with Crippen molar-refractivity contribution >= 4 is 66.4 Å². The number of hydrogen-bond acceptors (Lipinski definition) is 3. The van der Waals surface area contributed by atoms with Gasteiger partial charge in [-0.15, -0.1) is 0 Å². The second-order valence-corrected chi connectivity index (χ2v) is 16.7. The first-order chi connectivity index (χ1) is 31.2. The fourth-order valence-corrected chi connectivity index (χ4v) is 9.75. The number of nitrogens with zero attached hydrogens (tertiary/aromatic N) is 1. The van der Waals surface area contributed by atoms with Crippen LogP contribution in [0.5, 0.6) is 0 Å². The average molecular weight is 810 g/mol. The molecule has 2 heterocycles. The molecule has 63 heavy (non-hydrogen) atoms. The monoisotopic (exact) mass is 809 g/mol. The topological polar surface area (TPSA) is 29.5 Å². The number of fused-ring (bicyclic) bond motifs is 6. The third-order valence-electron chi connectivity index (χ3n) is 13.0. The molecule has 0 radical (unpaired) electrons. The maximum Gasteiger partial charge on any atom is 0.143 e. The summed E-state index contributed by atoms with van der Waals surface area (Å²) in [4.78, 5) is 2.48. The van der Waals surface area contributed by atoms with Gasteiger partial charge in [0.25, 0.3) is 0 Å². The zero-order valence-electron chi connectivity index (χ0n) is 34.7. The summed E-state index contributed by atoms with van der Waals surface area (Å²) >= 11 is 0. The molecule has 1 unspecified atom stereocenters. The molecule has 0 fully saturated rings. The van der Waals surface area contributed by atoms with Gasteiger partial charge < -0.3 is 13.7 Å². The summed E-state index contributed by atoms with van der Waals surface area (Å²) in [5.41, 5.74) is 17.0. The number of furan rings is 2. The third kappa shape index (κ3) is 6.70. The van der Waals surface area contributed by atoms with Crippen molar-refractivity contribution in [3.05, 3.63) is 241 Å². The Labute approximate surface area is 366 Å². The molecule has 0 bridgehead atoms. The van der Waals surface area contributed by atoms with Crippen LogP contribution < -0.4 is 4.90 Å². The molecule has 3 heteroatoms. The molecule has 0 saturated carbocycles. The molecule has 8 aromatic carbocycles. The second-order valence-electron chi connectivity index (χ2n) is 16.7. The highest BCUT2D eigenvalue weighted by Gasteiger charge is 2.23. The zero-order valence-corrected chi connectivity index (χ0v) is 34.7. The van der Waals surface area contributed by atoms with Gasteiger partial charge in [0.15, 0.2) is 0 Å². The minimum atomic E-state index is 0.141. The van der Waals surface area contributed by atoms with Crippen LogP contribution in [0.2, 0.25) is 0 Å². The lowest BCUT2D eigenvalue weighted by molar-refractivity contribution is 0.657. The van der Waals surface area contributed by atoms with E-state index in [2.05, 4.69) is 211 Å². The van der Waals surface area contributed by atoms with Gasteiger partial charge in [0.1, 0.15) is 22.3 Å². The Morgan fingerprint density at radius 2 is 0.889 bits per heavy atom. The lowest BCUT2D eigenvalue weighted by Crippen LogP contribution is -2.30. The second kappa shape index (κ2) is 15.5. The molecule has 10 aromatic rings. The van der Waals surface area contributed by atoms with Crippen LogP contribution >= 0.6 is 0 Å². The van der Waals surface area contributed by atoms with Crippen molar-refractivity contribution in [2.24, 2.45) is 0 Å². The minimum Gasteiger partial charge on any atom is -0.456 e. The van der Waals surface area contributed by atoms with Crippen LogP contribution in [0.25, 0.3) is 77.3 Å². The first kappa shape index (κ1) is 36.9. The Kier molecular flexibility index (Phi) is 9.11. The summed E-state index contributed by atoms with van der Waals surface area (Å²) in [6.07, 6.45) is 15.9. The summed E-state index contributed by atoms with van der Waals surface area (Å²) in [6.45, 7) is 0. The lowest BCUT2D eigenvalue weighted by atomic mass is 9.87. The molecule has 0 saturated heterocycles. The highest BCUT2D eigenvalue weighted by molar-refractivity contribution is 6.09. The molecule has 12 rings (SSSR count). The Balaban J connectivity index is 0.806. The summed E-state index contributed by atoms with van der Waals surface area (Å²) in [5, 5.41) is 4.66. The predicted molar refractivity (Wildman–Crippen MR) is 263 cm³/mol. The van der Waals surface area contributed by atoms with Crippen LogP contribution in [0.3, 0.4) is 0 Å². The first-order valence-corrected chi connectivity index (χ1v) is 21.9. The summed E-state index contributed by atoms with van der Waals surface area (Å²) in [5.74, 6) is 0.262. The van der Waals surface area contributed by atoms with Gasteiger partial charge >= 0.3 is 0 Å². The van der Waals surface area contributed by atoms with Crippen molar-refractivity contribution in [1.82, 2.24) is 0 Å². The van der Waals surface area contributed by atoms with Crippen molar-refractivity contribution in [3.8, 4) is 22.3 Å². The van der Waals surface area contributed by atoms with Crippen molar-refractivity contribution in [2.45, 2.75) is 24.8 Å². The highest BCUT2D eigenvalue weighted by atomic mass is 16.3. The quantitative estimate of drug-likeness (QED) is 0.153. The van der Waals surface area contributed by atoms with Gasteiger partial charge in [-0.2, -0.15) is 0 Å². The van der Waals surface area contributed by atoms with E-state index in [1.165, 1.54) is 49.7 Å². The standard InChI is InChI=1S/C60H43NO2/c1-2-10-40(11-3-1)43-28-34-48(35-29-43)61(49-36-30-44(31-37-49)41-20-24-46(25-21-41)51-14-8-16-55-53-12-4-6-18-57(53)62-59(51)55)50-38-32-45(33-39-50)42-22-26-47(27-23-42)52-15-9-17-56-54-13-5-7-19-58(54)63-60(52)56/h1-26,28-36,38-39,47,49H,27,37H2/t47?,49-/m0/s1. The number of benzene rings is 8. The van der Waals surface area contributed by atoms with E-state index in [-0.39, 0.29) is 12.0 Å². The van der Waals surface area contributed by atoms with E-state index in [0.717, 1.165) is 68.4 Å². The molecular weight excluding hydrogens is 767 g/mol. The molecule has 0 N–H and O–H groups in total. The fourth-order valence-electron chi connectivity index (χ4n) is 9.75. The van der Waals surface area contributed by atoms with Gasteiger partial charge in [-0.3, -0.25) is 0 Å². The van der Waals surface area contributed by atoms with Crippen LogP contribution in [0.4, 0.5) is 11.4 Å².